The normalized spacial score (nSPS) is 10.8. The highest BCUT2D eigenvalue weighted by Crippen LogP contribution is 2.20. The van der Waals surface area contributed by atoms with Gasteiger partial charge >= 0.3 is 0 Å². The minimum atomic E-state index is -0.466. The number of nitrogens with zero attached hydrogens (tertiary/aromatic N) is 7. The summed E-state index contributed by atoms with van der Waals surface area (Å²) in [5.74, 6) is 1.13. The Bertz CT molecular complexity index is 1040. The number of non-ortho nitro benzene ring substituents is 1. The third kappa shape index (κ3) is 3.15. The van der Waals surface area contributed by atoms with Gasteiger partial charge in [0.2, 0.25) is 11.6 Å². The van der Waals surface area contributed by atoms with E-state index in [0.29, 0.717) is 23.1 Å². The first-order valence-corrected chi connectivity index (χ1v) is 7.60. The van der Waals surface area contributed by atoms with Gasteiger partial charge in [0.1, 0.15) is 6.54 Å². The zero-order valence-electron chi connectivity index (χ0n) is 13.3. The van der Waals surface area contributed by atoms with Crippen molar-refractivity contribution in [3.8, 4) is 22.8 Å². The van der Waals surface area contributed by atoms with Crippen molar-refractivity contribution in [2.75, 3.05) is 0 Å². The molecule has 0 spiro atoms. The molecule has 0 saturated carbocycles. The molecule has 128 valence electrons. The number of rotatable bonds is 5. The van der Waals surface area contributed by atoms with Crippen LogP contribution in [0.5, 0.6) is 0 Å². The van der Waals surface area contributed by atoms with E-state index in [1.165, 1.54) is 16.9 Å². The molecular weight excluding hydrogens is 338 g/mol. The van der Waals surface area contributed by atoms with E-state index >= 15 is 0 Å². The van der Waals surface area contributed by atoms with E-state index in [9.17, 15) is 10.1 Å². The molecule has 0 saturated heterocycles. The molecule has 4 rings (SSSR count). The van der Waals surface area contributed by atoms with Crippen molar-refractivity contribution in [1.29, 1.82) is 0 Å². The number of aromatic nitrogens is 6. The minimum Gasteiger partial charge on any atom is -0.337 e. The Hall–Kier alpha value is -3.95. The summed E-state index contributed by atoms with van der Waals surface area (Å²) in [7, 11) is 0. The third-order valence-corrected chi connectivity index (χ3v) is 3.57. The number of nitro groups is 1. The topological polar surface area (TPSA) is 126 Å². The molecule has 0 amide bonds. The summed E-state index contributed by atoms with van der Waals surface area (Å²) in [5.41, 5.74) is 1.47. The van der Waals surface area contributed by atoms with E-state index in [2.05, 4.69) is 25.6 Å². The monoisotopic (exact) mass is 349 g/mol. The van der Waals surface area contributed by atoms with Crippen LogP contribution in [0, 0.1) is 10.1 Å². The van der Waals surface area contributed by atoms with Gasteiger partial charge in [-0.25, -0.2) is 0 Å². The zero-order valence-corrected chi connectivity index (χ0v) is 13.3. The van der Waals surface area contributed by atoms with E-state index in [-0.39, 0.29) is 12.2 Å². The van der Waals surface area contributed by atoms with E-state index in [0.717, 1.165) is 5.56 Å². The van der Waals surface area contributed by atoms with Crippen molar-refractivity contribution in [2.24, 2.45) is 0 Å². The van der Waals surface area contributed by atoms with Gasteiger partial charge in [-0.2, -0.15) is 9.78 Å². The molecule has 4 aromatic rings. The molecule has 10 heteroatoms. The van der Waals surface area contributed by atoms with Gasteiger partial charge in [0.05, 0.1) is 4.92 Å². The Morgan fingerprint density at radius 3 is 2.46 bits per heavy atom. The van der Waals surface area contributed by atoms with Crippen molar-refractivity contribution in [3.05, 3.63) is 70.6 Å². The lowest BCUT2D eigenvalue weighted by Crippen LogP contribution is -2.04. The molecule has 0 unspecified atom stereocenters. The second-order valence-electron chi connectivity index (χ2n) is 5.33. The molecule has 0 fully saturated rings. The Balaban J connectivity index is 1.50. The predicted molar refractivity (Wildman–Crippen MR) is 88.7 cm³/mol. The first-order valence-electron chi connectivity index (χ1n) is 7.60. The van der Waals surface area contributed by atoms with Crippen LogP contribution in [0.4, 0.5) is 5.69 Å². The van der Waals surface area contributed by atoms with Gasteiger partial charge in [-0.1, -0.05) is 35.5 Å². The largest absolute Gasteiger partial charge is 0.337 e. The van der Waals surface area contributed by atoms with Crippen LogP contribution < -0.4 is 0 Å². The van der Waals surface area contributed by atoms with E-state index in [4.69, 9.17) is 4.52 Å². The molecule has 2 heterocycles. The zero-order chi connectivity index (χ0) is 17.9. The fraction of sp³-hybridized carbons (Fsp3) is 0.0625. The molecule has 10 nitrogen and oxygen atoms in total. The van der Waals surface area contributed by atoms with Crippen molar-refractivity contribution in [3.63, 3.8) is 0 Å². The van der Waals surface area contributed by atoms with Crippen molar-refractivity contribution in [1.82, 2.24) is 30.3 Å². The van der Waals surface area contributed by atoms with Gasteiger partial charge in [-0.05, 0) is 17.3 Å². The molecule has 0 bridgehead atoms. The highest BCUT2D eigenvalue weighted by molar-refractivity contribution is 5.56. The molecule has 0 aliphatic carbocycles. The van der Waals surface area contributed by atoms with Crippen LogP contribution in [0.15, 0.2) is 59.1 Å². The van der Waals surface area contributed by atoms with Gasteiger partial charge in [-0.15, -0.1) is 10.2 Å². The van der Waals surface area contributed by atoms with Crippen molar-refractivity contribution >= 4 is 5.69 Å². The van der Waals surface area contributed by atoms with Gasteiger partial charge < -0.3 is 4.52 Å². The van der Waals surface area contributed by atoms with Crippen LogP contribution in [0.3, 0.4) is 0 Å². The van der Waals surface area contributed by atoms with E-state index in [1.807, 2.05) is 30.3 Å². The summed E-state index contributed by atoms with van der Waals surface area (Å²) in [4.78, 5) is 15.8. The van der Waals surface area contributed by atoms with Crippen LogP contribution in [-0.4, -0.2) is 35.3 Å². The number of tetrazole rings is 1. The SMILES string of the molecule is O=[N+]([O-])c1ccc(-c2noc(Cn3nnc(-c4ccccc4)n3)n2)cc1. The molecule has 26 heavy (non-hydrogen) atoms. The fourth-order valence-corrected chi connectivity index (χ4v) is 2.30. The summed E-state index contributed by atoms with van der Waals surface area (Å²) in [6.07, 6.45) is 0. The molecular formula is C16H11N7O3. The highest BCUT2D eigenvalue weighted by Gasteiger charge is 2.13. The maximum Gasteiger partial charge on any atom is 0.269 e. The second-order valence-corrected chi connectivity index (χ2v) is 5.33. The average molecular weight is 349 g/mol. The summed E-state index contributed by atoms with van der Waals surface area (Å²) in [6, 6.07) is 15.4. The van der Waals surface area contributed by atoms with E-state index < -0.39 is 4.92 Å². The van der Waals surface area contributed by atoms with Crippen LogP contribution >= 0.6 is 0 Å². The standard InChI is InChI=1S/C16H11N7O3/c24-23(25)13-8-6-12(7-9-13)15-17-14(26-20-15)10-22-19-16(18-21-22)11-4-2-1-3-5-11/h1-9H,10H2. The number of hydrogen-bond donors (Lipinski definition) is 0. The van der Waals surface area contributed by atoms with E-state index in [1.54, 1.807) is 12.1 Å². The summed E-state index contributed by atoms with van der Waals surface area (Å²) < 4.78 is 5.19. The first kappa shape index (κ1) is 15.6. The van der Waals surface area contributed by atoms with Gasteiger partial charge in [0.25, 0.3) is 11.6 Å². The maximum absolute atomic E-state index is 10.7. The van der Waals surface area contributed by atoms with Crippen LogP contribution in [-0.2, 0) is 6.54 Å². The van der Waals surface area contributed by atoms with Gasteiger partial charge in [-0.3, -0.25) is 10.1 Å². The highest BCUT2D eigenvalue weighted by atomic mass is 16.6. The first-order chi connectivity index (χ1) is 12.7. The van der Waals surface area contributed by atoms with Crippen molar-refractivity contribution in [2.45, 2.75) is 6.54 Å². The Morgan fingerprint density at radius 2 is 1.73 bits per heavy atom. The fourth-order valence-electron chi connectivity index (χ4n) is 2.30. The Labute approximate surface area is 146 Å². The van der Waals surface area contributed by atoms with Crippen molar-refractivity contribution < 1.29 is 9.45 Å². The summed E-state index contributed by atoms with van der Waals surface area (Å²) >= 11 is 0. The second kappa shape index (κ2) is 6.51. The third-order valence-electron chi connectivity index (χ3n) is 3.57. The number of hydrogen-bond acceptors (Lipinski definition) is 8. The maximum atomic E-state index is 10.7. The lowest BCUT2D eigenvalue weighted by Gasteiger charge is -1.94. The molecule has 0 radical (unpaired) electrons. The summed E-state index contributed by atoms with van der Waals surface area (Å²) in [6.45, 7) is 0.166. The lowest BCUT2D eigenvalue weighted by atomic mass is 10.2. The van der Waals surface area contributed by atoms with Crippen LogP contribution in [0.25, 0.3) is 22.8 Å². The number of nitro benzene ring substituents is 1. The van der Waals surface area contributed by atoms with Crippen LogP contribution in [0.2, 0.25) is 0 Å². The van der Waals surface area contributed by atoms with Crippen LogP contribution in [0.1, 0.15) is 5.89 Å². The predicted octanol–water partition coefficient (Wildman–Crippen LogP) is 2.35. The van der Waals surface area contributed by atoms with Gasteiger partial charge in [0.15, 0.2) is 0 Å². The minimum absolute atomic E-state index is 0.00211. The molecule has 0 aliphatic rings. The summed E-state index contributed by atoms with van der Waals surface area (Å²) in [5, 5.41) is 26.8. The Kier molecular flexibility index (Phi) is 3.90. The average Bonchev–Trinajstić information content (AvgIpc) is 3.33. The number of benzene rings is 2. The molecule has 0 aliphatic heterocycles. The van der Waals surface area contributed by atoms with Gasteiger partial charge in [0, 0.05) is 23.3 Å². The quantitative estimate of drug-likeness (QED) is 0.397. The molecule has 0 N–H and O–H groups in total. The molecule has 2 aromatic carbocycles. The molecule has 0 atom stereocenters. The smallest absolute Gasteiger partial charge is 0.269 e. The Morgan fingerprint density at radius 1 is 1.00 bits per heavy atom. The molecule has 2 aromatic heterocycles. The lowest BCUT2D eigenvalue weighted by molar-refractivity contribution is -0.384.